The number of hydrogen-bond acceptors (Lipinski definition) is 3. The van der Waals surface area contributed by atoms with E-state index in [0.717, 1.165) is 29.1 Å². The van der Waals surface area contributed by atoms with E-state index >= 15 is 0 Å². The Morgan fingerprint density at radius 2 is 2.16 bits per heavy atom. The van der Waals surface area contributed by atoms with Crippen molar-refractivity contribution in [3.8, 4) is 0 Å². The minimum Gasteiger partial charge on any atom is -0.464 e. The van der Waals surface area contributed by atoms with Crippen LogP contribution in [0.4, 0.5) is 5.82 Å². The van der Waals surface area contributed by atoms with E-state index < -0.39 is 0 Å². The van der Waals surface area contributed by atoms with E-state index in [4.69, 9.17) is 4.42 Å². The van der Waals surface area contributed by atoms with Gasteiger partial charge in [0.15, 0.2) is 0 Å². The molecule has 1 aliphatic rings. The van der Waals surface area contributed by atoms with Crippen LogP contribution in [-0.2, 0) is 0 Å². The monoisotopic (exact) mass is 258 g/mol. The molecule has 2 aromatic rings. The molecule has 0 bridgehead atoms. The fourth-order valence-electron chi connectivity index (χ4n) is 3.28. The van der Waals surface area contributed by atoms with Crippen LogP contribution in [0, 0.1) is 5.92 Å². The summed E-state index contributed by atoms with van der Waals surface area (Å²) in [5.74, 6) is 1.77. The van der Waals surface area contributed by atoms with Gasteiger partial charge in [0.2, 0.25) is 0 Å². The highest BCUT2D eigenvalue weighted by atomic mass is 16.3. The van der Waals surface area contributed by atoms with Gasteiger partial charge >= 0.3 is 0 Å². The molecule has 102 valence electrons. The van der Waals surface area contributed by atoms with Crippen molar-refractivity contribution in [1.29, 1.82) is 0 Å². The van der Waals surface area contributed by atoms with Crippen LogP contribution in [-0.4, -0.2) is 11.0 Å². The number of aromatic nitrogens is 1. The summed E-state index contributed by atoms with van der Waals surface area (Å²) in [6.07, 6.45) is 11.6. The SMILES string of the molecule is CCC(Nc1nccc2occc12)C1CCCCC1. The Kier molecular flexibility index (Phi) is 3.72. The van der Waals surface area contributed by atoms with Gasteiger partial charge in [-0.05, 0) is 37.3 Å². The molecule has 0 saturated heterocycles. The first kappa shape index (κ1) is 12.5. The first-order valence-electron chi connectivity index (χ1n) is 7.47. The molecule has 2 aromatic heterocycles. The lowest BCUT2D eigenvalue weighted by Gasteiger charge is -2.30. The van der Waals surface area contributed by atoms with Gasteiger partial charge in [0.05, 0.1) is 11.6 Å². The molecule has 1 fully saturated rings. The predicted octanol–water partition coefficient (Wildman–Crippen LogP) is 4.60. The summed E-state index contributed by atoms with van der Waals surface area (Å²) >= 11 is 0. The van der Waals surface area contributed by atoms with Crippen molar-refractivity contribution >= 4 is 16.8 Å². The van der Waals surface area contributed by atoms with E-state index in [1.165, 1.54) is 32.1 Å². The highest BCUT2D eigenvalue weighted by molar-refractivity contribution is 5.87. The van der Waals surface area contributed by atoms with Gasteiger partial charge < -0.3 is 9.73 Å². The third-order valence-electron chi connectivity index (χ3n) is 4.36. The van der Waals surface area contributed by atoms with Crippen LogP contribution in [0.3, 0.4) is 0 Å². The molecule has 1 atom stereocenters. The summed E-state index contributed by atoms with van der Waals surface area (Å²) in [7, 11) is 0. The maximum absolute atomic E-state index is 5.44. The summed E-state index contributed by atoms with van der Waals surface area (Å²) < 4.78 is 5.44. The molecule has 3 rings (SSSR count). The van der Waals surface area contributed by atoms with E-state index in [2.05, 4.69) is 17.2 Å². The molecule has 0 spiro atoms. The second-order valence-corrected chi connectivity index (χ2v) is 5.55. The third-order valence-corrected chi connectivity index (χ3v) is 4.36. The van der Waals surface area contributed by atoms with Gasteiger partial charge in [-0.25, -0.2) is 4.98 Å². The lowest BCUT2D eigenvalue weighted by Crippen LogP contribution is -2.30. The van der Waals surface area contributed by atoms with Crippen molar-refractivity contribution in [2.75, 3.05) is 5.32 Å². The number of rotatable bonds is 4. The minimum absolute atomic E-state index is 0.535. The number of fused-ring (bicyclic) bond motifs is 1. The smallest absolute Gasteiger partial charge is 0.139 e. The predicted molar refractivity (Wildman–Crippen MR) is 78.3 cm³/mol. The van der Waals surface area contributed by atoms with E-state index in [1.54, 1.807) is 6.26 Å². The van der Waals surface area contributed by atoms with Crippen LogP contribution < -0.4 is 5.32 Å². The van der Waals surface area contributed by atoms with Crippen molar-refractivity contribution in [2.45, 2.75) is 51.5 Å². The average Bonchev–Trinajstić information content (AvgIpc) is 2.95. The summed E-state index contributed by atoms with van der Waals surface area (Å²) in [5.41, 5.74) is 0.913. The number of anilines is 1. The minimum atomic E-state index is 0.535. The molecule has 0 aliphatic heterocycles. The Hall–Kier alpha value is -1.51. The van der Waals surface area contributed by atoms with Crippen LogP contribution in [0.5, 0.6) is 0 Å². The summed E-state index contributed by atoms with van der Waals surface area (Å²) in [5, 5.41) is 4.75. The quantitative estimate of drug-likeness (QED) is 0.871. The zero-order valence-corrected chi connectivity index (χ0v) is 11.6. The molecule has 3 nitrogen and oxygen atoms in total. The molecule has 1 unspecified atom stereocenters. The average molecular weight is 258 g/mol. The van der Waals surface area contributed by atoms with Crippen molar-refractivity contribution in [2.24, 2.45) is 5.92 Å². The first-order valence-corrected chi connectivity index (χ1v) is 7.47. The molecule has 1 N–H and O–H groups in total. The molecular formula is C16H22N2O. The largest absolute Gasteiger partial charge is 0.464 e. The van der Waals surface area contributed by atoms with Gasteiger partial charge in [0, 0.05) is 12.2 Å². The van der Waals surface area contributed by atoms with Crippen LogP contribution in [0.25, 0.3) is 11.0 Å². The number of furan rings is 1. The van der Waals surface area contributed by atoms with E-state index in [1.807, 2.05) is 18.3 Å². The molecule has 2 heterocycles. The third kappa shape index (κ3) is 2.60. The Morgan fingerprint density at radius 3 is 2.95 bits per heavy atom. The second-order valence-electron chi connectivity index (χ2n) is 5.55. The zero-order chi connectivity index (χ0) is 13.1. The first-order chi connectivity index (χ1) is 9.38. The normalized spacial score (nSPS) is 18.6. The van der Waals surface area contributed by atoms with Crippen molar-refractivity contribution in [3.05, 3.63) is 24.6 Å². The van der Waals surface area contributed by atoms with Gasteiger partial charge in [-0.3, -0.25) is 0 Å². The molecule has 1 aliphatic carbocycles. The maximum Gasteiger partial charge on any atom is 0.139 e. The molecule has 1 saturated carbocycles. The molecule has 0 aromatic carbocycles. The van der Waals surface area contributed by atoms with Crippen molar-refractivity contribution in [3.63, 3.8) is 0 Å². The lowest BCUT2D eigenvalue weighted by atomic mass is 9.83. The van der Waals surface area contributed by atoms with Gasteiger partial charge in [0.25, 0.3) is 0 Å². The number of pyridine rings is 1. The highest BCUT2D eigenvalue weighted by Crippen LogP contribution is 2.31. The Bertz CT molecular complexity index is 528. The van der Waals surface area contributed by atoms with Gasteiger partial charge in [-0.15, -0.1) is 0 Å². The number of nitrogens with zero attached hydrogens (tertiary/aromatic N) is 1. The van der Waals surface area contributed by atoms with Gasteiger partial charge in [-0.2, -0.15) is 0 Å². The van der Waals surface area contributed by atoms with E-state index in [0.29, 0.717) is 6.04 Å². The topological polar surface area (TPSA) is 38.1 Å². The maximum atomic E-state index is 5.44. The summed E-state index contributed by atoms with van der Waals surface area (Å²) in [4.78, 5) is 4.49. The molecule has 19 heavy (non-hydrogen) atoms. The number of hydrogen-bond donors (Lipinski definition) is 1. The highest BCUT2D eigenvalue weighted by Gasteiger charge is 2.23. The molecule has 0 amide bonds. The molecular weight excluding hydrogens is 236 g/mol. The fraction of sp³-hybridized carbons (Fsp3) is 0.562. The summed E-state index contributed by atoms with van der Waals surface area (Å²) in [6.45, 7) is 2.27. The second kappa shape index (κ2) is 5.64. The van der Waals surface area contributed by atoms with Crippen molar-refractivity contribution < 1.29 is 4.42 Å². The van der Waals surface area contributed by atoms with Crippen LogP contribution >= 0.6 is 0 Å². The van der Waals surface area contributed by atoms with Crippen LogP contribution in [0.2, 0.25) is 0 Å². The van der Waals surface area contributed by atoms with Crippen LogP contribution in [0.1, 0.15) is 45.4 Å². The van der Waals surface area contributed by atoms with E-state index in [-0.39, 0.29) is 0 Å². The lowest BCUT2D eigenvalue weighted by molar-refractivity contribution is 0.313. The van der Waals surface area contributed by atoms with E-state index in [9.17, 15) is 0 Å². The molecule has 3 heteroatoms. The fourth-order valence-corrected chi connectivity index (χ4v) is 3.28. The van der Waals surface area contributed by atoms with Gasteiger partial charge in [-0.1, -0.05) is 26.2 Å². The molecule has 0 radical (unpaired) electrons. The van der Waals surface area contributed by atoms with Gasteiger partial charge in [0.1, 0.15) is 11.4 Å². The van der Waals surface area contributed by atoms with Crippen molar-refractivity contribution in [1.82, 2.24) is 4.98 Å². The standard InChI is InChI=1S/C16H22N2O/c1-2-14(12-6-4-3-5-7-12)18-16-13-9-11-19-15(13)8-10-17-16/h8-12,14H,2-7H2,1H3,(H,17,18). The Morgan fingerprint density at radius 1 is 1.32 bits per heavy atom. The Labute approximate surface area is 114 Å². The van der Waals surface area contributed by atoms with Crippen LogP contribution in [0.15, 0.2) is 29.0 Å². The summed E-state index contributed by atoms with van der Waals surface area (Å²) in [6, 6.07) is 4.45. The number of nitrogens with one attached hydrogen (secondary N) is 1. The Balaban J connectivity index is 1.79. The zero-order valence-electron chi connectivity index (χ0n) is 11.6.